The van der Waals surface area contributed by atoms with Crippen molar-refractivity contribution < 1.29 is 48.3 Å². The number of hydrogen-bond donors (Lipinski definition) is 12. The monoisotopic (exact) mass is 1000 g/mol. The predicted octanol–water partition coefficient (Wildman–Crippen LogP) is -1.26. The van der Waals surface area contributed by atoms with Gasteiger partial charge in [-0.25, -0.2) is 9.78 Å². The van der Waals surface area contributed by atoms with Gasteiger partial charge >= 0.3 is 5.97 Å². The molecule has 4 aliphatic rings. The number of aromatic nitrogens is 3. The van der Waals surface area contributed by atoms with Crippen LogP contribution >= 0.6 is 0 Å². The zero-order valence-electron chi connectivity index (χ0n) is 41.6. The third kappa shape index (κ3) is 13.1. The van der Waals surface area contributed by atoms with Crippen molar-refractivity contribution in [2.45, 2.75) is 148 Å². The lowest BCUT2D eigenvalue weighted by Gasteiger charge is -2.33. The van der Waals surface area contributed by atoms with Crippen molar-refractivity contribution in [1.82, 2.24) is 57.1 Å². The number of guanidine groups is 1. The maximum atomic E-state index is 14.9. The number of hydrogen-bond acceptors (Lipinski definition) is 11. The number of H-pyrrole nitrogens is 1. The maximum Gasteiger partial charge on any atom is 0.326 e. The molecule has 7 rings (SSSR count). The second kappa shape index (κ2) is 23.1. The summed E-state index contributed by atoms with van der Waals surface area (Å²) in [7, 11) is 0. The fourth-order valence-electron chi connectivity index (χ4n) is 9.39. The van der Waals surface area contributed by atoms with Gasteiger partial charge in [0.25, 0.3) is 0 Å². The number of imidazole rings is 1. The van der Waals surface area contributed by atoms with Crippen molar-refractivity contribution in [3.8, 4) is 5.82 Å². The Labute approximate surface area is 416 Å². The summed E-state index contributed by atoms with van der Waals surface area (Å²) >= 11 is 0. The fraction of sp³-hybridized carbons (Fsp3) is 0.562. The fourth-order valence-corrected chi connectivity index (χ4v) is 9.39. The van der Waals surface area contributed by atoms with Crippen molar-refractivity contribution in [2.75, 3.05) is 6.54 Å². The van der Waals surface area contributed by atoms with Crippen LogP contribution < -0.4 is 54.0 Å². The number of amides is 8. The minimum atomic E-state index is -1.47. The molecule has 4 aliphatic heterocycles. The molecule has 24 nitrogen and oxygen atoms in total. The van der Waals surface area contributed by atoms with Gasteiger partial charge in [-0.3, -0.25) is 47.9 Å². The maximum absolute atomic E-state index is 14.9. The number of benzene rings is 1. The molecule has 0 radical (unpaired) electrons. The summed E-state index contributed by atoms with van der Waals surface area (Å²) in [6.45, 7) is 12.3. The van der Waals surface area contributed by atoms with Crippen LogP contribution in [0.2, 0.25) is 0 Å². The smallest absolute Gasteiger partial charge is 0.326 e. The Morgan fingerprint density at radius 2 is 1.53 bits per heavy atom. The van der Waals surface area contributed by atoms with Crippen molar-refractivity contribution in [1.29, 1.82) is 0 Å². The Morgan fingerprint density at radius 1 is 0.819 bits per heavy atom. The van der Waals surface area contributed by atoms with Crippen LogP contribution in [-0.4, -0.2) is 134 Å². The van der Waals surface area contributed by atoms with Gasteiger partial charge in [0.1, 0.15) is 60.5 Å². The molecule has 0 unspecified atom stereocenters. The van der Waals surface area contributed by atoms with E-state index in [-0.39, 0.29) is 80.9 Å². The molecule has 1 saturated heterocycles. The standard InChI is InChI=1S/C48H68N14O10/c1-21(2)15-32-44(68)60-37(23(5)6)45(69)58-33-18-28-27-11-10-25(36(22(3)4)38(46(70)57-32)61-42(66)30-12-13-35(63)54-30)16-31(27)55-39(28)62-19-26(52-20-62)17-34(47(71)72)59-40(64)24(7)53-41(65)29(56-43(33)67)9-8-14-51-48(49)50/h10-11,16,19-24,29-30,32-34,36-38,55H,8-9,12-15,17-18H2,1-7H3,(H,53,65)(H,54,63)(H,56,67)(H,57,70)(H,58,69)(H,59,64)(H,60,68)(H,61,66)(H,71,72)(H4,49,50,51)/t24-,29-,30-,32-,33-,34-,36+,37-,38-/m0/s1. The van der Waals surface area contributed by atoms with E-state index < -0.39 is 107 Å². The molecule has 2 aromatic heterocycles. The van der Waals surface area contributed by atoms with Gasteiger partial charge in [0, 0.05) is 54.4 Å². The van der Waals surface area contributed by atoms with Crippen LogP contribution in [0.25, 0.3) is 16.7 Å². The van der Waals surface area contributed by atoms with Crippen molar-refractivity contribution in [3.05, 3.63) is 47.5 Å². The minimum absolute atomic E-state index is 0.0405. The van der Waals surface area contributed by atoms with E-state index in [1.54, 1.807) is 42.8 Å². The number of fused-ring (bicyclic) bond motifs is 13. The average Bonchev–Trinajstić information content (AvgIpc) is 4.05. The van der Waals surface area contributed by atoms with Crippen LogP contribution in [0.3, 0.4) is 0 Å². The molecule has 72 heavy (non-hydrogen) atoms. The molecule has 9 atom stereocenters. The number of nitrogens with one attached hydrogen (secondary N) is 9. The average molecular weight is 1000 g/mol. The van der Waals surface area contributed by atoms with Crippen LogP contribution in [0.15, 0.2) is 35.7 Å². The van der Waals surface area contributed by atoms with Crippen molar-refractivity contribution in [3.63, 3.8) is 0 Å². The summed E-state index contributed by atoms with van der Waals surface area (Å²) < 4.78 is 1.58. The molecular formula is C48H68N14O10. The van der Waals surface area contributed by atoms with E-state index in [9.17, 15) is 48.3 Å². The number of aliphatic imine (C=N–C) groups is 1. The Kier molecular flexibility index (Phi) is 17.3. The zero-order chi connectivity index (χ0) is 52.7. The minimum Gasteiger partial charge on any atom is -0.480 e. The second-order valence-electron chi connectivity index (χ2n) is 20.0. The quantitative estimate of drug-likeness (QED) is 0.0463. The Morgan fingerprint density at radius 3 is 2.17 bits per heavy atom. The molecule has 6 heterocycles. The molecule has 14 N–H and O–H groups in total. The number of carbonyl (C=O) groups excluding carboxylic acids is 8. The lowest BCUT2D eigenvalue weighted by molar-refractivity contribution is -0.142. The predicted molar refractivity (Wildman–Crippen MR) is 263 cm³/mol. The molecule has 8 amide bonds. The Balaban J connectivity index is 1.57. The van der Waals surface area contributed by atoms with E-state index in [0.29, 0.717) is 27.8 Å². The molecule has 1 fully saturated rings. The number of aromatic amines is 1. The molecule has 0 spiro atoms. The van der Waals surface area contributed by atoms with E-state index in [2.05, 4.69) is 57.5 Å². The lowest BCUT2D eigenvalue weighted by Crippen LogP contribution is -2.61. The number of aliphatic carboxylic acids is 1. The van der Waals surface area contributed by atoms with Gasteiger partial charge in [-0.2, -0.15) is 0 Å². The van der Waals surface area contributed by atoms with Crippen molar-refractivity contribution >= 4 is 70.1 Å². The molecule has 3 aromatic rings. The van der Waals surface area contributed by atoms with Gasteiger partial charge in [0.15, 0.2) is 5.96 Å². The number of nitrogens with zero attached hydrogens (tertiary/aromatic N) is 3. The zero-order valence-corrected chi connectivity index (χ0v) is 41.6. The van der Waals surface area contributed by atoms with E-state index >= 15 is 0 Å². The van der Waals surface area contributed by atoms with Gasteiger partial charge in [-0.1, -0.05) is 53.7 Å². The molecule has 0 saturated carbocycles. The molecule has 7 bridgehead atoms. The second-order valence-corrected chi connectivity index (χ2v) is 20.0. The summed E-state index contributed by atoms with van der Waals surface area (Å²) in [5, 5.41) is 32.7. The third-order valence-electron chi connectivity index (χ3n) is 13.1. The topological polar surface area (TPSA) is 368 Å². The molecule has 390 valence electrons. The Hall–Kier alpha value is -7.53. The first-order valence-electron chi connectivity index (χ1n) is 24.4. The molecule has 0 aliphatic carbocycles. The SMILES string of the molecule is CC(C)C[C@@H]1NC(=O)[C@@H](NC(=O)[C@@H]2CCC(=O)N2)[C@H](C(C)C)c2ccc3c4c([nH]c3c2)-n2cnc(c2)C[C@@H](C(=O)O)NC(=O)[C@H](C)NC(=O)[C@H](CCCN=C(N)N)NC(=O)[C@H](C4)NC(=O)[C@H](C(C)C)NC1=O. The molecule has 1 aromatic carbocycles. The van der Waals surface area contributed by atoms with Crippen LogP contribution in [0.5, 0.6) is 0 Å². The number of nitrogens with two attached hydrogens (primary N) is 2. The van der Waals surface area contributed by atoms with E-state index in [0.717, 1.165) is 0 Å². The van der Waals surface area contributed by atoms with Crippen LogP contribution in [-0.2, 0) is 56.0 Å². The normalized spacial score (nSPS) is 25.8. The highest BCUT2D eigenvalue weighted by atomic mass is 16.4. The third-order valence-corrected chi connectivity index (χ3v) is 13.1. The van der Waals surface area contributed by atoms with Gasteiger partial charge < -0.3 is 64.1 Å². The lowest BCUT2D eigenvalue weighted by atomic mass is 9.81. The first-order valence-corrected chi connectivity index (χ1v) is 24.4. The van der Waals surface area contributed by atoms with Crippen LogP contribution in [0.4, 0.5) is 0 Å². The summed E-state index contributed by atoms with van der Waals surface area (Å²) in [6, 6.07) is -4.81. The number of carbonyl (C=O) groups is 9. The number of rotatable bonds is 11. The summed E-state index contributed by atoms with van der Waals surface area (Å²) in [5.41, 5.74) is 12.9. The Bertz CT molecular complexity index is 2600. The van der Waals surface area contributed by atoms with Gasteiger partial charge in [-0.15, -0.1) is 0 Å². The number of carboxylic acid groups (broad SMARTS) is 1. The van der Waals surface area contributed by atoms with Gasteiger partial charge in [0.2, 0.25) is 47.3 Å². The highest BCUT2D eigenvalue weighted by Gasteiger charge is 2.40. The summed E-state index contributed by atoms with van der Waals surface area (Å²) in [5.74, 6) is -8.45. The van der Waals surface area contributed by atoms with E-state index in [1.165, 1.54) is 13.3 Å². The van der Waals surface area contributed by atoms with Crippen LogP contribution in [0, 0.1) is 17.8 Å². The summed E-state index contributed by atoms with van der Waals surface area (Å²) in [6.07, 6.45) is 3.11. The highest BCUT2D eigenvalue weighted by Crippen LogP contribution is 2.35. The first-order chi connectivity index (χ1) is 34.0. The van der Waals surface area contributed by atoms with Crippen LogP contribution in [0.1, 0.15) is 103 Å². The van der Waals surface area contributed by atoms with Crippen molar-refractivity contribution in [2.24, 2.45) is 34.2 Å². The number of carboxylic acids is 1. The first kappa shape index (κ1) is 53.8. The van der Waals surface area contributed by atoms with Gasteiger partial charge in [0.05, 0.1) is 5.69 Å². The molecule has 24 heteroatoms. The highest BCUT2D eigenvalue weighted by molar-refractivity contribution is 5.99. The van der Waals surface area contributed by atoms with E-state index in [4.69, 9.17) is 11.5 Å². The van der Waals surface area contributed by atoms with E-state index in [1.807, 2.05) is 27.7 Å². The largest absolute Gasteiger partial charge is 0.480 e. The molecular weight excluding hydrogens is 933 g/mol. The van der Waals surface area contributed by atoms with Gasteiger partial charge in [-0.05, 0) is 62.0 Å². The summed E-state index contributed by atoms with van der Waals surface area (Å²) in [4.78, 5) is 137.